The number of rotatable bonds is 4. The molecule has 1 aromatic heterocycles. The van der Waals surface area contributed by atoms with E-state index in [0.717, 1.165) is 44.4 Å². The topological polar surface area (TPSA) is 96.2 Å². The number of aliphatic carboxylic acids is 1. The highest BCUT2D eigenvalue weighted by molar-refractivity contribution is 6.04. The molecule has 2 aromatic rings. The van der Waals surface area contributed by atoms with Gasteiger partial charge in [-0.2, -0.15) is 0 Å². The largest absolute Gasteiger partial charge is 0.480 e. The van der Waals surface area contributed by atoms with E-state index in [2.05, 4.69) is 4.98 Å². The summed E-state index contributed by atoms with van der Waals surface area (Å²) in [4.78, 5) is 26.3. The molecule has 5 nitrogen and oxygen atoms in total. The Bertz CT molecular complexity index is 787. The summed E-state index contributed by atoms with van der Waals surface area (Å²) in [5.41, 5.74) is 12.0. The Morgan fingerprint density at radius 1 is 1.14 bits per heavy atom. The maximum Gasteiger partial charge on any atom is 0.320 e. The van der Waals surface area contributed by atoms with Crippen LogP contribution in [0.1, 0.15) is 45.2 Å². The number of Topliss-reactive ketones (excluding diaryl/α,β-unsaturated/α-hetero) is 1. The van der Waals surface area contributed by atoms with Crippen molar-refractivity contribution in [3.63, 3.8) is 0 Å². The summed E-state index contributed by atoms with van der Waals surface area (Å²) in [5.74, 6) is -0.976. The summed E-state index contributed by atoms with van der Waals surface area (Å²) in [6.45, 7) is 9.29. The van der Waals surface area contributed by atoms with Gasteiger partial charge in [0.05, 0.1) is 0 Å². The molecule has 0 spiro atoms. The summed E-state index contributed by atoms with van der Waals surface area (Å²) in [6, 6.07) is -0.940. The number of aromatic nitrogens is 1. The lowest BCUT2D eigenvalue weighted by atomic mass is 9.90. The smallest absolute Gasteiger partial charge is 0.320 e. The van der Waals surface area contributed by atoms with Gasteiger partial charge in [0, 0.05) is 28.6 Å². The maximum atomic E-state index is 11.9. The first-order valence-corrected chi connectivity index (χ1v) is 7.27. The number of nitrogens with one attached hydrogen (secondary N) is 1. The standard InChI is InChI=1S/C17H22N2O3/c1-7-8(2)15-12(6-13(18)17(21)22)10(4)19-16(15)9(3)14(7)11(5)20/h13,19H,6,18H2,1-5H3,(H,21,22)/t13-/m0/s1. The number of aryl methyl sites for hydroxylation is 3. The molecule has 0 amide bonds. The number of nitrogens with two attached hydrogens (primary N) is 1. The molecule has 0 radical (unpaired) electrons. The lowest BCUT2D eigenvalue weighted by Gasteiger charge is -2.14. The van der Waals surface area contributed by atoms with E-state index in [4.69, 9.17) is 10.8 Å². The van der Waals surface area contributed by atoms with Crippen molar-refractivity contribution in [3.8, 4) is 0 Å². The second-order valence-corrected chi connectivity index (χ2v) is 5.93. The summed E-state index contributed by atoms with van der Waals surface area (Å²) in [5, 5.41) is 10.1. The van der Waals surface area contributed by atoms with Gasteiger partial charge in [0.25, 0.3) is 0 Å². The highest BCUT2D eigenvalue weighted by atomic mass is 16.4. The first-order valence-electron chi connectivity index (χ1n) is 7.27. The lowest BCUT2D eigenvalue weighted by Crippen LogP contribution is -2.32. The molecule has 1 heterocycles. The van der Waals surface area contributed by atoms with Crippen molar-refractivity contribution in [2.45, 2.75) is 47.1 Å². The second-order valence-electron chi connectivity index (χ2n) is 5.93. The van der Waals surface area contributed by atoms with Crippen LogP contribution in [0, 0.1) is 27.7 Å². The first kappa shape index (κ1) is 16.2. The molecule has 0 fully saturated rings. The van der Waals surface area contributed by atoms with Crippen LogP contribution in [-0.2, 0) is 11.2 Å². The minimum absolute atomic E-state index is 0.0380. The fraction of sp³-hybridized carbons (Fsp3) is 0.412. The highest BCUT2D eigenvalue weighted by Crippen LogP contribution is 2.34. The van der Waals surface area contributed by atoms with Gasteiger partial charge in [-0.1, -0.05) is 0 Å². The molecular weight excluding hydrogens is 280 g/mol. The highest BCUT2D eigenvalue weighted by Gasteiger charge is 2.22. The Kier molecular flexibility index (Phi) is 4.11. The Morgan fingerprint density at radius 2 is 1.73 bits per heavy atom. The number of carbonyl (C=O) groups is 2. The Labute approximate surface area is 129 Å². The van der Waals surface area contributed by atoms with E-state index in [1.54, 1.807) is 6.92 Å². The molecular formula is C17H22N2O3. The van der Waals surface area contributed by atoms with Crippen molar-refractivity contribution in [2.75, 3.05) is 0 Å². The average molecular weight is 302 g/mol. The van der Waals surface area contributed by atoms with E-state index in [1.807, 2.05) is 27.7 Å². The van der Waals surface area contributed by atoms with Crippen LogP contribution in [0.25, 0.3) is 10.9 Å². The summed E-state index contributed by atoms with van der Waals surface area (Å²) in [7, 11) is 0. The zero-order valence-electron chi connectivity index (χ0n) is 13.6. The van der Waals surface area contributed by atoms with Gasteiger partial charge in [0.2, 0.25) is 0 Å². The van der Waals surface area contributed by atoms with Gasteiger partial charge >= 0.3 is 5.97 Å². The van der Waals surface area contributed by atoms with Crippen LogP contribution in [0.2, 0.25) is 0 Å². The average Bonchev–Trinajstić information content (AvgIpc) is 2.73. The number of ketones is 1. The Balaban J connectivity index is 2.79. The zero-order chi connectivity index (χ0) is 16.8. The quantitative estimate of drug-likeness (QED) is 0.756. The van der Waals surface area contributed by atoms with Crippen molar-refractivity contribution in [3.05, 3.63) is 33.5 Å². The fourth-order valence-electron chi connectivity index (χ4n) is 3.23. The molecule has 0 aliphatic rings. The van der Waals surface area contributed by atoms with Crippen LogP contribution in [0.5, 0.6) is 0 Å². The number of benzene rings is 1. The number of H-pyrrole nitrogens is 1. The number of hydrogen-bond acceptors (Lipinski definition) is 3. The van der Waals surface area contributed by atoms with Gasteiger partial charge in [-0.15, -0.1) is 0 Å². The SMILES string of the molecule is CC(=O)c1c(C)c(C)c2c(C[C@H](N)C(=O)O)c(C)[nH]c2c1C. The molecule has 118 valence electrons. The number of hydrogen-bond donors (Lipinski definition) is 3. The van der Waals surface area contributed by atoms with Crippen LogP contribution in [0.4, 0.5) is 0 Å². The molecule has 0 saturated heterocycles. The van der Waals surface area contributed by atoms with Crippen molar-refractivity contribution in [2.24, 2.45) is 5.73 Å². The second kappa shape index (κ2) is 5.57. The third-order valence-electron chi connectivity index (χ3n) is 4.47. The third-order valence-corrected chi connectivity index (χ3v) is 4.47. The molecule has 2 rings (SSSR count). The molecule has 0 aliphatic heterocycles. The van der Waals surface area contributed by atoms with Gasteiger partial charge in [-0.05, 0) is 56.9 Å². The van der Waals surface area contributed by atoms with Gasteiger partial charge in [-0.25, -0.2) is 0 Å². The van der Waals surface area contributed by atoms with E-state index in [-0.39, 0.29) is 12.2 Å². The van der Waals surface area contributed by atoms with Crippen LogP contribution >= 0.6 is 0 Å². The van der Waals surface area contributed by atoms with Gasteiger partial charge in [0.1, 0.15) is 6.04 Å². The lowest BCUT2D eigenvalue weighted by molar-refractivity contribution is -0.138. The number of carboxylic acid groups (broad SMARTS) is 1. The molecule has 0 aliphatic carbocycles. The fourth-order valence-corrected chi connectivity index (χ4v) is 3.23. The van der Waals surface area contributed by atoms with Gasteiger partial charge < -0.3 is 15.8 Å². The van der Waals surface area contributed by atoms with Crippen molar-refractivity contribution < 1.29 is 14.7 Å². The monoisotopic (exact) mass is 302 g/mol. The van der Waals surface area contributed by atoms with Gasteiger partial charge in [0.15, 0.2) is 5.78 Å². The minimum Gasteiger partial charge on any atom is -0.480 e. The minimum atomic E-state index is -1.01. The number of carboxylic acids is 1. The van der Waals surface area contributed by atoms with Gasteiger partial charge in [-0.3, -0.25) is 9.59 Å². The first-order chi connectivity index (χ1) is 10.2. The van der Waals surface area contributed by atoms with E-state index in [1.165, 1.54) is 0 Å². The number of fused-ring (bicyclic) bond motifs is 1. The summed E-state index contributed by atoms with van der Waals surface area (Å²) < 4.78 is 0. The maximum absolute atomic E-state index is 11.9. The van der Waals surface area contributed by atoms with Crippen LogP contribution in [0.3, 0.4) is 0 Å². The molecule has 5 heteroatoms. The molecule has 0 saturated carbocycles. The van der Waals surface area contributed by atoms with Crippen LogP contribution in [0.15, 0.2) is 0 Å². The number of carbonyl (C=O) groups excluding carboxylic acids is 1. The van der Waals surface area contributed by atoms with Crippen molar-refractivity contribution >= 4 is 22.7 Å². The predicted octanol–water partition coefficient (Wildman–Crippen LogP) is 2.56. The molecule has 1 atom stereocenters. The van der Waals surface area contributed by atoms with Crippen molar-refractivity contribution in [1.82, 2.24) is 4.98 Å². The third kappa shape index (κ3) is 2.41. The van der Waals surface area contributed by atoms with Crippen molar-refractivity contribution in [1.29, 1.82) is 0 Å². The predicted molar refractivity (Wildman–Crippen MR) is 86.6 cm³/mol. The molecule has 0 bridgehead atoms. The van der Waals surface area contributed by atoms with E-state index < -0.39 is 12.0 Å². The molecule has 0 unspecified atom stereocenters. The zero-order valence-corrected chi connectivity index (χ0v) is 13.6. The van der Waals surface area contributed by atoms with E-state index in [9.17, 15) is 9.59 Å². The molecule has 4 N–H and O–H groups in total. The van der Waals surface area contributed by atoms with E-state index >= 15 is 0 Å². The van der Waals surface area contributed by atoms with Crippen LogP contribution < -0.4 is 5.73 Å². The summed E-state index contributed by atoms with van der Waals surface area (Å²) in [6.07, 6.45) is 0.264. The van der Waals surface area contributed by atoms with Crippen LogP contribution in [-0.4, -0.2) is 27.9 Å². The summed E-state index contributed by atoms with van der Waals surface area (Å²) >= 11 is 0. The molecule has 22 heavy (non-hydrogen) atoms. The Hall–Kier alpha value is -2.14. The van der Waals surface area contributed by atoms with E-state index in [0.29, 0.717) is 0 Å². The normalized spacial score (nSPS) is 12.6. The Morgan fingerprint density at radius 3 is 2.23 bits per heavy atom. The molecule has 1 aromatic carbocycles. The number of aromatic amines is 1.